The van der Waals surface area contributed by atoms with Gasteiger partial charge < -0.3 is 10.0 Å². The van der Waals surface area contributed by atoms with Crippen LogP contribution in [0.4, 0.5) is 17.2 Å². The van der Waals surface area contributed by atoms with E-state index in [1.807, 2.05) is 25.1 Å². The Labute approximate surface area is 105 Å². The molecule has 1 N–H and O–H groups in total. The number of aromatic nitrogens is 2. The molecule has 1 aromatic heterocycles. The van der Waals surface area contributed by atoms with Crippen molar-refractivity contribution in [1.29, 1.82) is 0 Å². The van der Waals surface area contributed by atoms with Crippen LogP contribution >= 0.6 is 0 Å². The molecule has 0 saturated carbocycles. The highest BCUT2D eigenvalue weighted by Gasteiger charge is 2.03. The second-order valence-electron chi connectivity index (χ2n) is 4.08. The standard InChI is InChI=1S/C12H15N5O/c1-16(2)9-4-5-10(11(18)8-9)14-15-12-6-7-13-17(12)3/h4-8,18H,1-3H3. The minimum Gasteiger partial charge on any atom is -0.506 e. The van der Waals surface area contributed by atoms with Crippen LogP contribution in [0, 0.1) is 0 Å². The molecule has 18 heavy (non-hydrogen) atoms. The van der Waals surface area contributed by atoms with E-state index in [-0.39, 0.29) is 5.75 Å². The Hall–Kier alpha value is -2.37. The van der Waals surface area contributed by atoms with Crippen molar-refractivity contribution >= 4 is 17.2 Å². The Morgan fingerprint density at radius 3 is 2.56 bits per heavy atom. The van der Waals surface area contributed by atoms with Crippen LogP contribution < -0.4 is 4.90 Å². The summed E-state index contributed by atoms with van der Waals surface area (Å²) in [6.07, 6.45) is 1.64. The summed E-state index contributed by atoms with van der Waals surface area (Å²) < 4.78 is 1.61. The zero-order chi connectivity index (χ0) is 13.1. The van der Waals surface area contributed by atoms with Crippen molar-refractivity contribution in [1.82, 2.24) is 9.78 Å². The van der Waals surface area contributed by atoms with Crippen LogP contribution in [0.2, 0.25) is 0 Å². The number of aromatic hydroxyl groups is 1. The molecule has 1 aromatic carbocycles. The van der Waals surface area contributed by atoms with E-state index in [9.17, 15) is 5.11 Å². The first-order chi connectivity index (χ1) is 8.58. The zero-order valence-corrected chi connectivity index (χ0v) is 10.6. The predicted molar refractivity (Wildman–Crippen MR) is 69.8 cm³/mol. The zero-order valence-electron chi connectivity index (χ0n) is 10.6. The van der Waals surface area contributed by atoms with Gasteiger partial charge in [-0.25, -0.2) is 4.68 Å². The number of azo groups is 1. The lowest BCUT2D eigenvalue weighted by Crippen LogP contribution is -2.07. The van der Waals surface area contributed by atoms with Crippen LogP contribution in [0.3, 0.4) is 0 Å². The first-order valence-corrected chi connectivity index (χ1v) is 5.48. The first-order valence-electron chi connectivity index (χ1n) is 5.48. The molecule has 0 bridgehead atoms. The monoisotopic (exact) mass is 245 g/mol. The molecule has 0 spiro atoms. The lowest BCUT2D eigenvalue weighted by molar-refractivity contribution is 0.476. The molecule has 0 unspecified atom stereocenters. The van der Waals surface area contributed by atoms with Crippen LogP contribution in [-0.2, 0) is 7.05 Å². The van der Waals surface area contributed by atoms with E-state index >= 15 is 0 Å². The summed E-state index contributed by atoms with van der Waals surface area (Å²) in [5, 5.41) is 21.8. The van der Waals surface area contributed by atoms with Crippen molar-refractivity contribution in [2.45, 2.75) is 0 Å². The van der Waals surface area contributed by atoms with E-state index in [2.05, 4.69) is 15.3 Å². The summed E-state index contributed by atoms with van der Waals surface area (Å²) in [5.74, 6) is 0.734. The van der Waals surface area contributed by atoms with Gasteiger partial charge in [0, 0.05) is 39.0 Å². The number of aryl methyl sites for hydroxylation is 1. The molecule has 0 atom stereocenters. The van der Waals surface area contributed by atoms with Gasteiger partial charge in [0.2, 0.25) is 0 Å². The van der Waals surface area contributed by atoms with Gasteiger partial charge in [0.25, 0.3) is 0 Å². The van der Waals surface area contributed by atoms with Crippen molar-refractivity contribution in [2.24, 2.45) is 17.3 Å². The fourth-order valence-corrected chi connectivity index (χ4v) is 1.44. The normalized spacial score (nSPS) is 11.1. The number of hydrogen-bond donors (Lipinski definition) is 1. The van der Waals surface area contributed by atoms with Gasteiger partial charge in [0.1, 0.15) is 11.4 Å². The molecule has 1 heterocycles. The van der Waals surface area contributed by atoms with Gasteiger partial charge in [0.15, 0.2) is 5.82 Å². The third-order valence-electron chi connectivity index (χ3n) is 2.53. The minimum atomic E-state index is 0.104. The maximum Gasteiger partial charge on any atom is 0.172 e. The first kappa shape index (κ1) is 12.1. The van der Waals surface area contributed by atoms with E-state index < -0.39 is 0 Å². The van der Waals surface area contributed by atoms with Crippen molar-refractivity contribution in [2.75, 3.05) is 19.0 Å². The number of anilines is 1. The molecule has 94 valence electrons. The van der Waals surface area contributed by atoms with Crippen LogP contribution in [0.1, 0.15) is 0 Å². The Morgan fingerprint density at radius 1 is 1.22 bits per heavy atom. The highest BCUT2D eigenvalue weighted by molar-refractivity contribution is 5.60. The maximum absolute atomic E-state index is 9.84. The van der Waals surface area contributed by atoms with Gasteiger partial charge in [0.05, 0.1) is 6.20 Å². The van der Waals surface area contributed by atoms with Crippen molar-refractivity contribution in [3.63, 3.8) is 0 Å². The maximum atomic E-state index is 9.84. The van der Waals surface area contributed by atoms with Crippen LogP contribution in [-0.4, -0.2) is 29.0 Å². The molecule has 2 rings (SSSR count). The fourth-order valence-electron chi connectivity index (χ4n) is 1.44. The highest BCUT2D eigenvalue weighted by atomic mass is 16.3. The molecule has 2 aromatic rings. The molecule has 0 saturated heterocycles. The summed E-state index contributed by atoms with van der Waals surface area (Å²) in [6, 6.07) is 6.99. The fraction of sp³-hybridized carbons (Fsp3) is 0.250. The second-order valence-corrected chi connectivity index (χ2v) is 4.08. The highest BCUT2D eigenvalue weighted by Crippen LogP contribution is 2.31. The lowest BCUT2D eigenvalue weighted by atomic mass is 10.2. The van der Waals surface area contributed by atoms with E-state index in [0.717, 1.165) is 5.69 Å². The van der Waals surface area contributed by atoms with Crippen molar-refractivity contribution < 1.29 is 5.11 Å². The Kier molecular flexibility index (Phi) is 3.27. The van der Waals surface area contributed by atoms with Gasteiger partial charge in [-0.15, -0.1) is 10.2 Å². The van der Waals surface area contributed by atoms with Crippen molar-refractivity contribution in [3.05, 3.63) is 30.5 Å². The summed E-state index contributed by atoms with van der Waals surface area (Å²) in [4.78, 5) is 1.90. The molecule has 0 radical (unpaired) electrons. The van der Waals surface area contributed by atoms with E-state index in [1.54, 1.807) is 36.1 Å². The number of nitrogens with zero attached hydrogens (tertiary/aromatic N) is 5. The van der Waals surface area contributed by atoms with E-state index in [4.69, 9.17) is 0 Å². The molecule has 6 heteroatoms. The molecule has 0 aliphatic carbocycles. The lowest BCUT2D eigenvalue weighted by Gasteiger charge is -2.12. The average Bonchev–Trinajstić information content (AvgIpc) is 2.73. The van der Waals surface area contributed by atoms with Gasteiger partial charge >= 0.3 is 0 Å². The summed E-state index contributed by atoms with van der Waals surface area (Å²) in [6.45, 7) is 0. The molecule has 0 aliphatic rings. The third kappa shape index (κ3) is 2.48. The molecule has 0 aliphatic heterocycles. The topological polar surface area (TPSA) is 66.0 Å². The number of rotatable bonds is 3. The summed E-state index contributed by atoms with van der Waals surface area (Å²) in [7, 11) is 5.60. The number of phenolic OH excluding ortho intramolecular Hbond substituents is 1. The number of benzene rings is 1. The van der Waals surface area contributed by atoms with Gasteiger partial charge in [-0.05, 0) is 12.1 Å². The predicted octanol–water partition coefficient (Wildman–Crippen LogP) is 2.61. The summed E-state index contributed by atoms with van der Waals surface area (Å²) in [5.41, 5.74) is 1.34. The van der Waals surface area contributed by atoms with Crippen LogP contribution in [0.25, 0.3) is 0 Å². The van der Waals surface area contributed by atoms with E-state index in [1.165, 1.54) is 0 Å². The number of phenols is 1. The van der Waals surface area contributed by atoms with Crippen molar-refractivity contribution in [3.8, 4) is 5.75 Å². The van der Waals surface area contributed by atoms with Crippen LogP contribution in [0.15, 0.2) is 40.7 Å². The van der Waals surface area contributed by atoms with Crippen LogP contribution in [0.5, 0.6) is 5.75 Å². The third-order valence-corrected chi connectivity index (χ3v) is 2.53. The molecule has 0 amide bonds. The largest absolute Gasteiger partial charge is 0.506 e. The molecular weight excluding hydrogens is 230 g/mol. The Bertz CT molecular complexity index is 574. The number of hydrogen-bond acceptors (Lipinski definition) is 5. The average molecular weight is 245 g/mol. The molecular formula is C12H15N5O. The molecule has 0 fully saturated rings. The summed E-state index contributed by atoms with van der Waals surface area (Å²) >= 11 is 0. The van der Waals surface area contributed by atoms with Gasteiger partial charge in [-0.1, -0.05) is 0 Å². The smallest absolute Gasteiger partial charge is 0.172 e. The van der Waals surface area contributed by atoms with Gasteiger partial charge in [-0.2, -0.15) is 5.10 Å². The Balaban J connectivity index is 2.25. The SMILES string of the molecule is CN(C)c1ccc(N=Nc2ccnn2C)c(O)c1. The van der Waals surface area contributed by atoms with Gasteiger partial charge in [-0.3, -0.25) is 0 Å². The second kappa shape index (κ2) is 4.87. The minimum absolute atomic E-state index is 0.104. The Morgan fingerprint density at radius 2 is 2.00 bits per heavy atom. The quantitative estimate of drug-likeness (QED) is 0.845. The van der Waals surface area contributed by atoms with E-state index in [0.29, 0.717) is 11.5 Å². The molecule has 6 nitrogen and oxygen atoms in total.